The molecule has 1 unspecified atom stereocenters. The highest BCUT2D eigenvalue weighted by atomic mass is 35.5. The van der Waals surface area contributed by atoms with Crippen LogP contribution in [0.5, 0.6) is 0 Å². The van der Waals surface area contributed by atoms with Crippen molar-refractivity contribution in [2.24, 2.45) is 5.73 Å². The van der Waals surface area contributed by atoms with Gasteiger partial charge in [-0.05, 0) is 32.2 Å². The Balaban J connectivity index is 0.00000200. The second-order valence-corrected chi connectivity index (χ2v) is 5.70. The van der Waals surface area contributed by atoms with Gasteiger partial charge in [0.15, 0.2) is 0 Å². The standard InChI is InChI=1S/C14H25N3O2.ClH/c15-8-4-2-1-3-5-13(18)16-11-9-14(19)17(10-11)12-6-7-12;/h11-12H,1-10,15H2,(H,16,18);1H. The van der Waals surface area contributed by atoms with Crippen LogP contribution in [-0.4, -0.2) is 41.9 Å². The molecule has 116 valence electrons. The van der Waals surface area contributed by atoms with Crippen LogP contribution < -0.4 is 11.1 Å². The molecule has 2 aliphatic rings. The monoisotopic (exact) mass is 303 g/mol. The van der Waals surface area contributed by atoms with Crippen LogP contribution in [0.25, 0.3) is 0 Å². The molecule has 1 aliphatic heterocycles. The Morgan fingerprint density at radius 1 is 1.25 bits per heavy atom. The molecule has 2 rings (SSSR count). The van der Waals surface area contributed by atoms with Gasteiger partial charge in [0, 0.05) is 25.4 Å². The molecule has 0 aromatic carbocycles. The molecule has 20 heavy (non-hydrogen) atoms. The van der Waals surface area contributed by atoms with E-state index in [2.05, 4.69) is 5.32 Å². The molecule has 1 saturated carbocycles. The fourth-order valence-electron chi connectivity index (χ4n) is 2.65. The Morgan fingerprint density at radius 2 is 1.95 bits per heavy atom. The van der Waals surface area contributed by atoms with Gasteiger partial charge < -0.3 is 16.0 Å². The lowest BCUT2D eigenvalue weighted by Gasteiger charge is -2.16. The summed E-state index contributed by atoms with van der Waals surface area (Å²) in [6.07, 6.45) is 7.42. The number of likely N-dealkylation sites (tertiary alicyclic amines) is 1. The third kappa shape index (κ3) is 5.29. The van der Waals surface area contributed by atoms with Crippen molar-refractivity contribution in [2.45, 2.75) is 63.5 Å². The largest absolute Gasteiger partial charge is 0.351 e. The highest BCUT2D eigenvalue weighted by Crippen LogP contribution is 2.30. The highest BCUT2D eigenvalue weighted by Gasteiger charge is 2.39. The van der Waals surface area contributed by atoms with E-state index < -0.39 is 0 Å². The van der Waals surface area contributed by atoms with Crippen LogP contribution in [0.4, 0.5) is 0 Å². The van der Waals surface area contributed by atoms with Crippen LogP contribution in [0, 0.1) is 0 Å². The number of halogens is 1. The summed E-state index contributed by atoms with van der Waals surface area (Å²) in [6, 6.07) is 0.496. The van der Waals surface area contributed by atoms with Crippen LogP contribution in [0.3, 0.4) is 0 Å². The molecule has 0 bridgehead atoms. The Morgan fingerprint density at radius 3 is 2.60 bits per heavy atom. The van der Waals surface area contributed by atoms with Gasteiger partial charge in [0.1, 0.15) is 0 Å². The third-order valence-corrected chi connectivity index (χ3v) is 3.87. The molecule has 2 amide bonds. The summed E-state index contributed by atoms with van der Waals surface area (Å²) in [4.78, 5) is 25.4. The first-order valence-corrected chi connectivity index (χ1v) is 7.49. The molecular weight excluding hydrogens is 278 g/mol. The molecule has 1 saturated heterocycles. The Bertz CT molecular complexity index is 334. The molecule has 0 spiro atoms. The van der Waals surface area contributed by atoms with E-state index >= 15 is 0 Å². The van der Waals surface area contributed by atoms with Crippen molar-refractivity contribution in [2.75, 3.05) is 13.1 Å². The van der Waals surface area contributed by atoms with Gasteiger partial charge in [-0.1, -0.05) is 12.8 Å². The van der Waals surface area contributed by atoms with E-state index in [9.17, 15) is 9.59 Å². The summed E-state index contributed by atoms with van der Waals surface area (Å²) in [5, 5.41) is 2.99. The molecule has 2 fully saturated rings. The maximum atomic E-state index is 11.8. The number of amides is 2. The number of rotatable bonds is 8. The smallest absolute Gasteiger partial charge is 0.225 e. The fraction of sp³-hybridized carbons (Fsp3) is 0.857. The SMILES string of the molecule is Cl.NCCCCCCC(=O)NC1CC(=O)N(C2CC2)C1. The van der Waals surface area contributed by atoms with Crippen LogP contribution in [-0.2, 0) is 9.59 Å². The van der Waals surface area contributed by atoms with Crippen molar-refractivity contribution in [1.82, 2.24) is 10.2 Å². The molecule has 1 atom stereocenters. The molecular formula is C14H26ClN3O2. The molecule has 5 nitrogen and oxygen atoms in total. The van der Waals surface area contributed by atoms with E-state index in [1.807, 2.05) is 4.90 Å². The van der Waals surface area contributed by atoms with Crippen LogP contribution in [0.1, 0.15) is 51.4 Å². The molecule has 0 radical (unpaired) electrons. The van der Waals surface area contributed by atoms with E-state index in [-0.39, 0.29) is 30.3 Å². The zero-order chi connectivity index (χ0) is 13.7. The lowest BCUT2D eigenvalue weighted by atomic mass is 10.1. The van der Waals surface area contributed by atoms with Crippen molar-refractivity contribution >= 4 is 24.2 Å². The van der Waals surface area contributed by atoms with E-state index in [1.165, 1.54) is 0 Å². The zero-order valence-corrected chi connectivity index (χ0v) is 12.8. The van der Waals surface area contributed by atoms with Crippen LogP contribution in [0.15, 0.2) is 0 Å². The predicted molar refractivity (Wildman–Crippen MR) is 80.7 cm³/mol. The molecule has 6 heteroatoms. The Kier molecular flexibility index (Phi) is 7.30. The van der Waals surface area contributed by atoms with E-state index in [4.69, 9.17) is 5.73 Å². The summed E-state index contributed by atoms with van der Waals surface area (Å²) < 4.78 is 0. The second kappa shape index (κ2) is 8.47. The quantitative estimate of drug-likeness (QED) is 0.662. The Hall–Kier alpha value is -0.810. The van der Waals surface area contributed by atoms with Crippen molar-refractivity contribution < 1.29 is 9.59 Å². The molecule has 3 N–H and O–H groups in total. The molecule has 0 aromatic heterocycles. The van der Waals surface area contributed by atoms with Crippen LogP contribution in [0.2, 0.25) is 0 Å². The van der Waals surface area contributed by atoms with Crippen LogP contribution >= 0.6 is 12.4 Å². The molecule has 1 heterocycles. The van der Waals surface area contributed by atoms with Gasteiger partial charge in [-0.25, -0.2) is 0 Å². The van der Waals surface area contributed by atoms with Gasteiger partial charge >= 0.3 is 0 Å². The summed E-state index contributed by atoms with van der Waals surface area (Å²) in [5.41, 5.74) is 5.42. The van der Waals surface area contributed by atoms with Gasteiger partial charge in [0.05, 0.1) is 6.04 Å². The first-order chi connectivity index (χ1) is 9.20. The average Bonchev–Trinajstić information content (AvgIpc) is 3.14. The molecule has 1 aliphatic carbocycles. The van der Waals surface area contributed by atoms with Crippen molar-refractivity contribution in [3.8, 4) is 0 Å². The topological polar surface area (TPSA) is 75.4 Å². The van der Waals surface area contributed by atoms with Crippen molar-refractivity contribution in [3.05, 3.63) is 0 Å². The number of nitrogens with zero attached hydrogens (tertiary/aromatic N) is 1. The zero-order valence-electron chi connectivity index (χ0n) is 12.0. The molecule has 0 aromatic rings. The van der Waals surface area contributed by atoms with E-state index in [1.54, 1.807) is 0 Å². The lowest BCUT2D eigenvalue weighted by Crippen LogP contribution is -2.37. The minimum absolute atomic E-state index is 0. The summed E-state index contributed by atoms with van der Waals surface area (Å²) in [7, 11) is 0. The maximum absolute atomic E-state index is 11.8. The first kappa shape index (κ1) is 17.2. The first-order valence-electron chi connectivity index (χ1n) is 7.49. The maximum Gasteiger partial charge on any atom is 0.225 e. The summed E-state index contributed by atoms with van der Waals surface area (Å²) in [5.74, 6) is 0.291. The number of nitrogens with one attached hydrogen (secondary N) is 1. The number of hydrogen-bond donors (Lipinski definition) is 2. The van der Waals surface area contributed by atoms with Gasteiger partial charge in [-0.2, -0.15) is 0 Å². The van der Waals surface area contributed by atoms with Gasteiger partial charge in [-0.3, -0.25) is 9.59 Å². The number of hydrogen-bond acceptors (Lipinski definition) is 3. The summed E-state index contributed by atoms with van der Waals surface area (Å²) >= 11 is 0. The minimum Gasteiger partial charge on any atom is -0.351 e. The van der Waals surface area contributed by atoms with E-state index in [0.29, 0.717) is 25.4 Å². The Labute approximate surface area is 127 Å². The predicted octanol–water partition coefficient (Wildman–Crippen LogP) is 1.20. The third-order valence-electron chi connectivity index (χ3n) is 3.87. The second-order valence-electron chi connectivity index (χ2n) is 5.70. The summed E-state index contributed by atoms with van der Waals surface area (Å²) in [6.45, 7) is 1.44. The number of nitrogens with two attached hydrogens (primary N) is 1. The normalized spacial score (nSPS) is 21.8. The number of carbonyl (C=O) groups is 2. The van der Waals surface area contributed by atoms with Gasteiger partial charge in [-0.15, -0.1) is 12.4 Å². The fourth-order valence-corrected chi connectivity index (χ4v) is 2.65. The minimum atomic E-state index is 0. The van der Waals surface area contributed by atoms with Gasteiger partial charge in [0.2, 0.25) is 11.8 Å². The highest BCUT2D eigenvalue weighted by molar-refractivity contribution is 5.85. The van der Waals surface area contributed by atoms with Gasteiger partial charge in [0.25, 0.3) is 0 Å². The number of unbranched alkanes of at least 4 members (excludes halogenated alkanes) is 3. The van der Waals surface area contributed by atoms with Crippen molar-refractivity contribution in [1.29, 1.82) is 0 Å². The lowest BCUT2D eigenvalue weighted by molar-refractivity contribution is -0.128. The average molecular weight is 304 g/mol. The van der Waals surface area contributed by atoms with Crippen molar-refractivity contribution in [3.63, 3.8) is 0 Å². The van der Waals surface area contributed by atoms with E-state index in [0.717, 1.165) is 45.1 Å². The number of carbonyl (C=O) groups excluding carboxylic acids is 2.